The van der Waals surface area contributed by atoms with Crippen molar-refractivity contribution in [2.24, 2.45) is 0 Å². The Morgan fingerprint density at radius 2 is 2.29 bits per heavy atom. The highest BCUT2D eigenvalue weighted by atomic mass is 16.5. The molecule has 1 saturated heterocycles. The summed E-state index contributed by atoms with van der Waals surface area (Å²) in [4.78, 5) is 0. The van der Waals surface area contributed by atoms with Crippen LogP contribution in [0.2, 0.25) is 0 Å². The summed E-state index contributed by atoms with van der Waals surface area (Å²) in [6, 6.07) is 6.80. The molecule has 2 N–H and O–H groups in total. The van der Waals surface area contributed by atoms with Crippen LogP contribution in [0.3, 0.4) is 0 Å². The maximum Gasteiger partial charge on any atom is 0.0740 e. The van der Waals surface area contributed by atoms with Gasteiger partial charge in [0.2, 0.25) is 0 Å². The van der Waals surface area contributed by atoms with Gasteiger partial charge in [0.05, 0.1) is 12.7 Å². The maximum atomic E-state index is 5.75. The third kappa shape index (κ3) is 2.61. The van der Waals surface area contributed by atoms with Crippen LogP contribution >= 0.6 is 0 Å². The molecule has 1 aromatic rings. The highest BCUT2D eigenvalue weighted by molar-refractivity contribution is 5.54. The molecular weight excluding hydrogens is 212 g/mol. The van der Waals surface area contributed by atoms with E-state index in [0.29, 0.717) is 6.10 Å². The van der Waals surface area contributed by atoms with Crippen molar-refractivity contribution in [3.05, 3.63) is 29.3 Å². The lowest BCUT2D eigenvalue weighted by Crippen LogP contribution is -2.39. The van der Waals surface area contributed by atoms with Crippen LogP contribution < -0.4 is 10.6 Å². The number of rotatable bonds is 2. The molecule has 0 spiro atoms. The molecule has 92 valence electrons. The van der Waals surface area contributed by atoms with Gasteiger partial charge in [-0.1, -0.05) is 12.1 Å². The maximum absolute atomic E-state index is 5.75. The Morgan fingerprint density at radius 1 is 1.29 bits per heavy atom. The van der Waals surface area contributed by atoms with Gasteiger partial charge in [0.15, 0.2) is 0 Å². The summed E-state index contributed by atoms with van der Waals surface area (Å²) < 4.78 is 5.75. The number of fused-ring (bicyclic) bond motifs is 1. The molecule has 2 heterocycles. The molecule has 2 aliphatic rings. The summed E-state index contributed by atoms with van der Waals surface area (Å²) in [6.45, 7) is 3.93. The molecule has 0 radical (unpaired) electrons. The van der Waals surface area contributed by atoms with Gasteiger partial charge in [-0.2, -0.15) is 0 Å². The molecule has 1 aromatic carbocycles. The first-order chi connectivity index (χ1) is 8.42. The number of ether oxygens (including phenoxy) is 1. The number of morpholine rings is 1. The molecule has 0 aromatic heterocycles. The van der Waals surface area contributed by atoms with Crippen molar-refractivity contribution in [1.29, 1.82) is 0 Å². The highest BCUT2D eigenvalue weighted by Gasteiger charge is 2.15. The van der Waals surface area contributed by atoms with Gasteiger partial charge in [0, 0.05) is 25.3 Å². The van der Waals surface area contributed by atoms with Crippen molar-refractivity contribution in [1.82, 2.24) is 5.32 Å². The summed E-state index contributed by atoms with van der Waals surface area (Å²) in [6.07, 6.45) is 3.83. The van der Waals surface area contributed by atoms with Crippen LogP contribution in [-0.2, 0) is 17.6 Å². The Balaban J connectivity index is 1.70. The minimum absolute atomic E-state index is 0.346. The number of benzene rings is 1. The van der Waals surface area contributed by atoms with Crippen molar-refractivity contribution in [2.75, 3.05) is 31.6 Å². The molecule has 0 amide bonds. The van der Waals surface area contributed by atoms with Crippen LogP contribution in [-0.4, -0.2) is 32.3 Å². The average molecular weight is 232 g/mol. The van der Waals surface area contributed by atoms with Crippen LogP contribution in [0.25, 0.3) is 0 Å². The van der Waals surface area contributed by atoms with E-state index in [1.165, 1.54) is 29.7 Å². The lowest BCUT2D eigenvalue weighted by atomic mass is 9.98. The van der Waals surface area contributed by atoms with Gasteiger partial charge < -0.3 is 15.4 Å². The van der Waals surface area contributed by atoms with Crippen LogP contribution in [0.1, 0.15) is 17.5 Å². The van der Waals surface area contributed by atoms with E-state index in [1.807, 2.05) is 0 Å². The molecule has 1 atom stereocenters. The molecule has 1 fully saturated rings. The van der Waals surface area contributed by atoms with E-state index in [1.54, 1.807) is 0 Å². The molecular formula is C14H20N2O. The Kier molecular flexibility index (Phi) is 3.29. The Hall–Kier alpha value is -1.06. The number of aryl methyl sites for hydroxylation is 1. The van der Waals surface area contributed by atoms with Crippen LogP contribution in [0.15, 0.2) is 18.2 Å². The molecule has 2 aliphatic heterocycles. The SMILES string of the molecule is c1cc2c(cc1CC1CNCCO1)CCCN2. The molecule has 17 heavy (non-hydrogen) atoms. The molecule has 0 aliphatic carbocycles. The van der Waals surface area contributed by atoms with E-state index in [9.17, 15) is 0 Å². The first-order valence-corrected chi connectivity index (χ1v) is 6.60. The van der Waals surface area contributed by atoms with Gasteiger partial charge in [0.25, 0.3) is 0 Å². The Labute approximate surface area is 103 Å². The van der Waals surface area contributed by atoms with E-state index >= 15 is 0 Å². The monoisotopic (exact) mass is 232 g/mol. The minimum atomic E-state index is 0.346. The molecule has 0 bridgehead atoms. The summed E-state index contributed by atoms with van der Waals surface area (Å²) in [5.41, 5.74) is 4.20. The second-order valence-corrected chi connectivity index (χ2v) is 4.92. The predicted molar refractivity (Wildman–Crippen MR) is 69.6 cm³/mol. The highest BCUT2D eigenvalue weighted by Crippen LogP contribution is 2.23. The van der Waals surface area contributed by atoms with E-state index in [-0.39, 0.29) is 0 Å². The van der Waals surface area contributed by atoms with Crippen LogP contribution in [0.5, 0.6) is 0 Å². The standard InChI is InChI=1S/C14H20N2O/c1-2-12-8-11(3-4-14(12)16-5-1)9-13-10-15-6-7-17-13/h3-4,8,13,15-16H,1-2,5-7,9-10H2. The summed E-state index contributed by atoms with van der Waals surface area (Å²) in [7, 11) is 0. The number of anilines is 1. The van der Waals surface area contributed by atoms with Crippen LogP contribution in [0, 0.1) is 0 Å². The fraction of sp³-hybridized carbons (Fsp3) is 0.571. The molecule has 0 saturated carbocycles. The third-order valence-electron chi connectivity index (χ3n) is 3.58. The van der Waals surface area contributed by atoms with Crippen LogP contribution in [0.4, 0.5) is 5.69 Å². The summed E-state index contributed by atoms with van der Waals surface area (Å²) in [5.74, 6) is 0. The normalized spacial score (nSPS) is 23.9. The second-order valence-electron chi connectivity index (χ2n) is 4.92. The zero-order chi connectivity index (χ0) is 11.5. The third-order valence-corrected chi connectivity index (χ3v) is 3.58. The molecule has 3 rings (SSSR count). The zero-order valence-electron chi connectivity index (χ0n) is 10.2. The van der Waals surface area contributed by atoms with Gasteiger partial charge >= 0.3 is 0 Å². The lowest BCUT2D eigenvalue weighted by molar-refractivity contribution is 0.0292. The Morgan fingerprint density at radius 3 is 3.18 bits per heavy atom. The van der Waals surface area contributed by atoms with Crippen molar-refractivity contribution in [3.8, 4) is 0 Å². The predicted octanol–water partition coefficient (Wildman–Crippen LogP) is 1.58. The van der Waals surface area contributed by atoms with Gasteiger partial charge in [-0.05, 0) is 36.5 Å². The lowest BCUT2D eigenvalue weighted by Gasteiger charge is -2.24. The quantitative estimate of drug-likeness (QED) is 0.812. The van der Waals surface area contributed by atoms with E-state index in [2.05, 4.69) is 28.8 Å². The van der Waals surface area contributed by atoms with E-state index in [4.69, 9.17) is 4.74 Å². The van der Waals surface area contributed by atoms with Gasteiger partial charge in [-0.25, -0.2) is 0 Å². The van der Waals surface area contributed by atoms with Crippen molar-refractivity contribution < 1.29 is 4.74 Å². The van der Waals surface area contributed by atoms with Crippen molar-refractivity contribution in [2.45, 2.75) is 25.4 Å². The number of hydrogen-bond acceptors (Lipinski definition) is 3. The zero-order valence-corrected chi connectivity index (χ0v) is 10.2. The second kappa shape index (κ2) is 5.07. The number of hydrogen-bond donors (Lipinski definition) is 2. The molecule has 3 heteroatoms. The molecule has 3 nitrogen and oxygen atoms in total. The topological polar surface area (TPSA) is 33.3 Å². The molecule has 1 unspecified atom stereocenters. The first kappa shape index (κ1) is 11.1. The van der Waals surface area contributed by atoms with Gasteiger partial charge in [-0.3, -0.25) is 0 Å². The Bertz CT molecular complexity index is 386. The largest absolute Gasteiger partial charge is 0.385 e. The first-order valence-electron chi connectivity index (χ1n) is 6.60. The summed E-state index contributed by atoms with van der Waals surface area (Å²) >= 11 is 0. The fourth-order valence-electron chi connectivity index (χ4n) is 2.67. The average Bonchev–Trinajstić information content (AvgIpc) is 2.40. The van der Waals surface area contributed by atoms with E-state index < -0.39 is 0 Å². The van der Waals surface area contributed by atoms with Gasteiger partial charge in [-0.15, -0.1) is 0 Å². The summed E-state index contributed by atoms with van der Waals surface area (Å²) in [5, 5.41) is 6.83. The van der Waals surface area contributed by atoms with Crippen molar-refractivity contribution in [3.63, 3.8) is 0 Å². The van der Waals surface area contributed by atoms with E-state index in [0.717, 1.165) is 32.7 Å². The fourth-order valence-corrected chi connectivity index (χ4v) is 2.67. The van der Waals surface area contributed by atoms with Crippen molar-refractivity contribution >= 4 is 5.69 Å². The minimum Gasteiger partial charge on any atom is -0.385 e. The smallest absolute Gasteiger partial charge is 0.0740 e. The van der Waals surface area contributed by atoms with Gasteiger partial charge in [0.1, 0.15) is 0 Å². The number of nitrogens with one attached hydrogen (secondary N) is 2.